The summed E-state index contributed by atoms with van der Waals surface area (Å²) in [7, 11) is 0. The van der Waals surface area contributed by atoms with E-state index in [4.69, 9.17) is 0 Å². The minimum absolute atomic E-state index is 0.137. The van der Waals surface area contributed by atoms with Crippen LogP contribution in [0.15, 0.2) is 36.4 Å². The molecule has 0 aliphatic carbocycles. The molecule has 1 heterocycles. The van der Waals surface area contributed by atoms with Gasteiger partial charge in [-0.25, -0.2) is 0 Å². The third-order valence-corrected chi connectivity index (χ3v) is 2.99. The fourth-order valence-corrected chi connectivity index (χ4v) is 1.85. The number of amides is 1. The van der Waals surface area contributed by atoms with Gasteiger partial charge in [0.05, 0.1) is 0 Å². The number of anilines is 3. The first-order chi connectivity index (χ1) is 9.84. The predicted octanol–water partition coefficient (Wildman–Crippen LogP) is 3.48. The first-order valence-corrected chi connectivity index (χ1v) is 6.83. The quantitative estimate of drug-likeness (QED) is 0.905. The summed E-state index contributed by atoms with van der Waals surface area (Å²) in [5.74, 6) is 0.909. The predicted molar refractivity (Wildman–Crippen MR) is 84.8 cm³/mol. The lowest BCUT2D eigenvalue weighted by molar-refractivity contribution is -0.114. The summed E-state index contributed by atoms with van der Waals surface area (Å²) in [5, 5.41) is 13.7. The maximum absolute atomic E-state index is 10.9. The van der Waals surface area contributed by atoms with Crippen molar-refractivity contribution in [2.45, 2.75) is 33.1 Å². The van der Waals surface area contributed by atoms with E-state index in [9.17, 15) is 4.79 Å². The summed E-state index contributed by atoms with van der Waals surface area (Å²) in [6, 6.07) is 11.7. The summed E-state index contributed by atoms with van der Waals surface area (Å²) in [6.07, 6.45) is 0. The Morgan fingerprint density at radius 2 is 1.52 bits per heavy atom. The van der Waals surface area contributed by atoms with E-state index in [1.165, 1.54) is 12.5 Å². The van der Waals surface area contributed by atoms with E-state index in [0.717, 1.165) is 5.69 Å². The zero-order valence-corrected chi connectivity index (χ0v) is 12.8. The molecule has 2 N–H and O–H groups in total. The summed E-state index contributed by atoms with van der Waals surface area (Å²) >= 11 is 0. The monoisotopic (exact) mass is 284 g/mol. The second-order valence-electron chi connectivity index (χ2n) is 5.94. The van der Waals surface area contributed by atoms with Crippen molar-refractivity contribution in [3.05, 3.63) is 42.0 Å². The molecule has 0 atom stereocenters. The third kappa shape index (κ3) is 4.27. The van der Waals surface area contributed by atoms with Crippen LogP contribution in [-0.2, 0) is 10.2 Å². The van der Waals surface area contributed by atoms with Crippen LogP contribution in [0.5, 0.6) is 0 Å². The van der Waals surface area contributed by atoms with E-state index in [1.807, 2.05) is 12.1 Å². The Kier molecular flexibility index (Phi) is 4.21. The topological polar surface area (TPSA) is 66.9 Å². The number of nitrogens with one attached hydrogen (secondary N) is 2. The SMILES string of the molecule is CC(=O)Nc1ccc(Nc2ccc(C(C)(C)C)cc2)nn1. The number of aromatic nitrogens is 2. The van der Waals surface area contributed by atoms with Crippen molar-refractivity contribution in [1.82, 2.24) is 10.2 Å². The van der Waals surface area contributed by atoms with Gasteiger partial charge in [-0.2, -0.15) is 0 Å². The zero-order chi connectivity index (χ0) is 15.5. The van der Waals surface area contributed by atoms with Gasteiger partial charge < -0.3 is 10.6 Å². The summed E-state index contributed by atoms with van der Waals surface area (Å²) in [5.41, 5.74) is 2.36. The zero-order valence-electron chi connectivity index (χ0n) is 12.8. The molecule has 1 aromatic heterocycles. The van der Waals surface area contributed by atoms with Crippen LogP contribution in [-0.4, -0.2) is 16.1 Å². The molecule has 2 aromatic rings. The van der Waals surface area contributed by atoms with Crippen LogP contribution in [0.3, 0.4) is 0 Å². The van der Waals surface area contributed by atoms with E-state index in [1.54, 1.807) is 12.1 Å². The highest BCUT2D eigenvalue weighted by Crippen LogP contribution is 2.24. The number of rotatable bonds is 3. The Morgan fingerprint density at radius 1 is 0.952 bits per heavy atom. The van der Waals surface area contributed by atoms with E-state index in [2.05, 4.69) is 53.7 Å². The average Bonchev–Trinajstić information content (AvgIpc) is 2.40. The molecule has 1 aromatic carbocycles. The Labute approximate surface area is 124 Å². The smallest absolute Gasteiger partial charge is 0.222 e. The molecule has 1 amide bonds. The number of hydrogen-bond donors (Lipinski definition) is 2. The largest absolute Gasteiger partial charge is 0.339 e. The van der Waals surface area contributed by atoms with Crippen LogP contribution in [0, 0.1) is 0 Å². The molecule has 5 nitrogen and oxygen atoms in total. The summed E-state index contributed by atoms with van der Waals surface area (Å²) in [6.45, 7) is 7.98. The highest BCUT2D eigenvalue weighted by atomic mass is 16.1. The van der Waals surface area contributed by atoms with Crippen molar-refractivity contribution in [3.63, 3.8) is 0 Å². The van der Waals surface area contributed by atoms with Gasteiger partial charge in [0.15, 0.2) is 11.6 Å². The molecule has 0 spiro atoms. The number of hydrogen-bond acceptors (Lipinski definition) is 4. The van der Waals surface area contributed by atoms with E-state index < -0.39 is 0 Å². The molecule has 0 unspecified atom stereocenters. The van der Waals surface area contributed by atoms with E-state index in [0.29, 0.717) is 11.6 Å². The molecule has 21 heavy (non-hydrogen) atoms. The van der Waals surface area contributed by atoms with Gasteiger partial charge in [-0.05, 0) is 35.2 Å². The van der Waals surface area contributed by atoms with Crippen LogP contribution in [0.25, 0.3) is 0 Å². The van der Waals surface area contributed by atoms with Gasteiger partial charge in [0.25, 0.3) is 0 Å². The van der Waals surface area contributed by atoms with Gasteiger partial charge in [0.1, 0.15) is 0 Å². The number of carbonyl (C=O) groups is 1. The van der Waals surface area contributed by atoms with Crippen molar-refractivity contribution in [2.75, 3.05) is 10.6 Å². The third-order valence-electron chi connectivity index (χ3n) is 2.99. The fourth-order valence-electron chi connectivity index (χ4n) is 1.85. The Hall–Kier alpha value is -2.43. The molecule has 110 valence electrons. The summed E-state index contributed by atoms with van der Waals surface area (Å²) in [4.78, 5) is 10.9. The second-order valence-corrected chi connectivity index (χ2v) is 5.94. The molecule has 0 fully saturated rings. The molecular formula is C16H20N4O. The maximum atomic E-state index is 10.9. The molecule has 0 aliphatic heterocycles. The van der Waals surface area contributed by atoms with Gasteiger partial charge in [-0.15, -0.1) is 10.2 Å². The van der Waals surface area contributed by atoms with Gasteiger partial charge in [-0.1, -0.05) is 32.9 Å². The van der Waals surface area contributed by atoms with Crippen molar-refractivity contribution in [3.8, 4) is 0 Å². The lowest BCUT2D eigenvalue weighted by atomic mass is 9.87. The molecule has 0 saturated heterocycles. The van der Waals surface area contributed by atoms with Crippen molar-refractivity contribution in [2.24, 2.45) is 0 Å². The molecule has 5 heteroatoms. The summed E-state index contributed by atoms with van der Waals surface area (Å²) < 4.78 is 0. The number of carbonyl (C=O) groups excluding carboxylic acids is 1. The van der Waals surface area contributed by atoms with Gasteiger partial charge in [0, 0.05) is 12.6 Å². The molecule has 0 saturated carbocycles. The van der Waals surface area contributed by atoms with E-state index in [-0.39, 0.29) is 11.3 Å². The Balaban J connectivity index is 2.06. The number of nitrogens with zero attached hydrogens (tertiary/aromatic N) is 2. The van der Waals surface area contributed by atoms with Crippen molar-refractivity contribution in [1.29, 1.82) is 0 Å². The highest BCUT2D eigenvalue weighted by molar-refractivity contribution is 5.87. The Morgan fingerprint density at radius 3 is 2.00 bits per heavy atom. The molecule has 0 bridgehead atoms. The van der Waals surface area contributed by atoms with Crippen LogP contribution in [0.2, 0.25) is 0 Å². The fraction of sp³-hybridized carbons (Fsp3) is 0.312. The van der Waals surface area contributed by atoms with Gasteiger partial charge in [0.2, 0.25) is 5.91 Å². The highest BCUT2D eigenvalue weighted by Gasteiger charge is 2.12. The van der Waals surface area contributed by atoms with Gasteiger partial charge in [-0.3, -0.25) is 4.79 Å². The molecule has 2 rings (SSSR count). The second kappa shape index (κ2) is 5.91. The van der Waals surface area contributed by atoms with Crippen LogP contribution in [0.4, 0.5) is 17.3 Å². The van der Waals surface area contributed by atoms with Crippen LogP contribution >= 0.6 is 0 Å². The maximum Gasteiger partial charge on any atom is 0.222 e. The van der Waals surface area contributed by atoms with Gasteiger partial charge >= 0.3 is 0 Å². The Bertz CT molecular complexity index is 612. The normalized spacial score (nSPS) is 11.0. The van der Waals surface area contributed by atoms with Crippen molar-refractivity contribution < 1.29 is 4.79 Å². The molecular weight excluding hydrogens is 264 g/mol. The van der Waals surface area contributed by atoms with Crippen LogP contribution in [0.1, 0.15) is 33.3 Å². The number of benzene rings is 1. The first kappa shape index (κ1) is 15.0. The lowest BCUT2D eigenvalue weighted by Crippen LogP contribution is -2.10. The van der Waals surface area contributed by atoms with E-state index >= 15 is 0 Å². The molecule has 0 aliphatic rings. The molecule has 0 radical (unpaired) electrons. The minimum Gasteiger partial charge on any atom is -0.339 e. The standard InChI is InChI=1S/C16H20N4O/c1-11(21)17-14-9-10-15(20-19-14)18-13-7-5-12(6-8-13)16(2,3)4/h5-10H,1-4H3,(H,18,20)(H,17,19,21). The lowest BCUT2D eigenvalue weighted by Gasteiger charge is -2.19. The van der Waals surface area contributed by atoms with Crippen LogP contribution < -0.4 is 10.6 Å². The first-order valence-electron chi connectivity index (χ1n) is 6.83. The minimum atomic E-state index is -0.164. The van der Waals surface area contributed by atoms with Crippen molar-refractivity contribution >= 4 is 23.2 Å². The average molecular weight is 284 g/mol.